The summed E-state index contributed by atoms with van der Waals surface area (Å²) in [6, 6.07) is -0.542. The van der Waals surface area contributed by atoms with Gasteiger partial charge in [-0.05, 0) is 40.0 Å². The monoisotopic (exact) mass is 377 g/mol. The highest BCUT2D eigenvalue weighted by Crippen LogP contribution is 2.60. The summed E-state index contributed by atoms with van der Waals surface area (Å²) in [6.45, 7) is 6.92. The van der Waals surface area contributed by atoms with Crippen LogP contribution >= 0.6 is 7.60 Å². The predicted molar refractivity (Wildman–Crippen MR) is 94.6 cm³/mol. The van der Waals surface area contributed by atoms with E-state index in [0.717, 1.165) is 25.7 Å². The third kappa shape index (κ3) is 4.57. The van der Waals surface area contributed by atoms with Crippen molar-refractivity contribution in [1.29, 1.82) is 0 Å². The van der Waals surface area contributed by atoms with Gasteiger partial charge in [-0.1, -0.05) is 32.1 Å². The lowest BCUT2D eigenvalue weighted by Crippen LogP contribution is -2.48. The van der Waals surface area contributed by atoms with Crippen LogP contribution in [0.3, 0.4) is 0 Å². The van der Waals surface area contributed by atoms with Crippen LogP contribution in [-0.2, 0) is 18.3 Å². The van der Waals surface area contributed by atoms with Crippen molar-refractivity contribution in [2.45, 2.75) is 89.9 Å². The standard InChI is InChI=1S/C17H32NO6P/c1-12(2)24-25(21,22-5)15-14(11-13-9-7-6-8-10-13)18(16(19)20)17(3,4)23-15/h12-15H,6-11H2,1-5H3,(H,19,20)/t14-,15?,25?/m0/s1. The molecule has 8 heteroatoms. The van der Waals surface area contributed by atoms with Crippen molar-refractivity contribution in [3.8, 4) is 0 Å². The molecule has 3 atom stereocenters. The van der Waals surface area contributed by atoms with Crippen molar-refractivity contribution in [2.75, 3.05) is 7.11 Å². The molecule has 25 heavy (non-hydrogen) atoms. The molecule has 1 N–H and O–H groups in total. The lowest BCUT2D eigenvalue weighted by atomic mass is 9.84. The number of carbonyl (C=O) groups is 1. The Hall–Kier alpha value is -0.620. The van der Waals surface area contributed by atoms with E-state index in [9.17, 15) is 14.5 Å². The fourth-order valence-corrected chi connectivity index (χ4v) is 6.16. The first-order valence-corrected chi connectivity index (χ1v) is 10.8. The highest BCUT2D eigenvalue weighted by atomic mass is 31.2. The van der Waals surface area contributed by atoms with E-state index < -0.39 is 31.3 Å². The third-order valence-electron chi connectivity index (χ3n) is 5.08. The summed E-state index contributed by atoms with van der Waals surface area (Å²) in [4.78, 5) is 13.2. The molecule has 2 rings (SSSR count). The molecular formula is C17H32NO6P. The molecule has 0 spiro atoms. The minimum atomic E-state index is -3.61. The number of hydrogen-bond donors (Lipinski definition) is 1. The average molecular weight is 377 g/mol. The summed E-state index contributed by atoms with van der Waals surface area (Å²) in [5.74, 6) is -0.502. The molecule has 146 valence electrons. The Morgan fingerprint density at radius 3 is 2.40 bits per heavy atom. The van der Waals surface area contributed by atoms with Crippen molar-refractivity contribution < 1.29 is 28.3 Å². The van der Waals surface area contributed by atoms with Crippen LogP contribution in [0.25, 0.3) is 0 Å². The largest absolute Gasteiger partial charge is 0.465 e. The Kier molecular flexibility index (Phi) is 6.58. The number of amides is 1. The molecule has 7 nitrogen and oxygen atoms in total. The van der Waals surface area contributed by atoms with Crippen LogP contribution in [-0.4, -0.2) is 46.9 Å². The quantitative estimate of drug-likeness (QED) is 0.678. The summed E-state index contributed by atoms with van der Waals surface area (Å²) >= 11 is 0. The van der Waals surface area contributed by atoms with Gasteiger partial charge >= 0.3 is 13.7 Å². The van der Waals surface area contributed by atoms with E-state index in [-0.39, 0.29) is 6.10 Å². The van der Waals surface area contributed by atoms with Gasteiger partial charge in [-0.3, -0.25) is 9.46 Å². The van der Waals surface area contributed by atoms with E-state index in [4.69, 9.17) is 13.8 Å². The molecule has 1 heterocycles. The lowest BCUT2D eigenvalue weighted by molar-refractivity contribution is -0.0562. The van der Waals surface area contributed by atoms with Crippen LogP contribution in [0.1, 0.15) is 66.2 Å². The fourth-order valence-electron chi connectivity index (χ4n) is 4.09. The first kappa shape index (κ1) is 20.7. The van der Waals surface area contributed by atoms with Gasteiger partial charge < -0.3 is 18.9 Å². The van der Waals surface area contributed by atoms with Crippen LogP contribution in [0.15, 0.2) is 0 Å². The summed E-state index contributed by atoms with van der Waals surface area (Å²) in [5, 5.41) is 9.76. The topological polar surface area (TPSA) is 85.3 Å². The molecule has 0 radical (unpaired) electrons. The maximum Gasteiger partial charge on any atom is 0.409 e. The van der Waals surface area contributed by atoms with Gasteiger partial charge in [0.1, 0.15) is 5.72 Å². The van der Waals surface area contributed by atoms with Gasteiger partial charge in [0, 0.05) is 7.11 Å². The SMILES string of the molecule is COP(=O)(OC(C)C)C1OC(C)(C)N(C(=O)O)[C@H]1CC1CCCCC1. The normalized spacial score (nSPS) is 29.8. The van der Waals surface area contributed by atoms with E-state index in [1.807, 2.05) is 0 Å². The molecule has 2 aliphatic rings. The first-order valence-electron chi connectivity index (χ1n) is 9.14. The maximum atomic E-state index is 13.3. The molecule has 1 saturated carbocycles. The van der Waals surface area contributed by atoms with Gasteiger partial charge in [0.15, 0.2) is 5.85 Å². The van der Waals surface area contributed by atoms with E-state index >= 15 is 0 Å². The van der Waals surface area contributed by atoms with Crippen LogP contribution < -0.4 is 0 Å². The van der Waals surface area contributed by atoms with Crippen LogP contribution in [0, 0.1) is 5.92 Å². The minimum Gasteiger partial charge on any atom is -0.465 e. The van der Waals surface area contributed by atoms with E-state index in [1.165, 1.54) is 18.4 Å². The smallest absolute Gasteiger partial charge is 0.409 e. The number of nitrogens with zero attached hydrogens (tertiary/aromatic N) is 1. The van der Waals surface area contributed by atoms with Crippen molar-refractivity contribution in [3.05, 3.63) is 0 Å². The van der Waals surface area contributed by atoms with Gasteiger partial charge in [0.2, 0.25) is 0 Å². The van der Waals surface area contributed by atoms with E-state index in [2.05, 4.69) is 0 Å². The average Bonchev–Trinajstić information content (AvgIpc) is 2.79. The highest BCUT2D eigenvalue weighted by Gasteiger charge is 2.58. The molecule has 2 unspecified atom stereocenters. The number of hydrogen-bond acceptors (Lipinski definition) is 5. The second kappa shape index (κ2) is 7.95. The Morgan fingerprint density at radius 1 is 1.32 bits per heavy atom. The Labute approximate surface area is 150 Å². The minimum absolute atomic E-state index is 0.313. The first-order chi connectivity index (χ1) is 11.6. The van der Waals surface area contributed by atoms with Crippen molar-refractivity contribution >= 4 is 13.7 Å². The Balaban J connectivity index is 2.33. The van der Waals surface area contributed by atoms with Crippen LogP contribution in [0.2, 0.25) is 0 Å². The predicted octanol–water partition coefficient (Wildman–Crippen LogP) is 4.66. The van der Waals surface area contributed by atoms with E-state index in [0.29, 0.717) is 12.3 Å². The number of carboxylic acid groups (broad SMARTS) is 1. The van der Waals surface area contributed by atoms with Gasteiger partial charge in [0.25, 0.3) is 0 Å². The molecule has 1 saturated heterocycles. The number of rotatable bonds is 6. The van der Waals surface area contributed by atoms with Crippen molar-refractivity contribution in [2.24, 2.45) is 5.92 Å². The van der Waals surface area contributed by atoms with Crippen LogP contribution in [0.5, 0.6) is 0 Å². The maximum absolute atomic E-state index is 13.3. The zero-order valence-electron chi connectivity index (χ0n) is 15.9. The van der Waals surface area contributed by atoms with Gasteiger partial charge in [0.05, 0.1) is 12.1 Å². The molecule has 0 aromatic carbocycles. The number of ether oxygens (including phenoxy) is 1. The molecule has 1 aliphatic heterocycles. The molecule has 0 aromatic heterocycles. The second-order valence-electron chi connectivity index (χ2n) is 7.79. The summed E-state index contributed by atoms with van der Waals surface area (Å²) in [7, 11) is -2.28. The lowest BCUT2D eigenvalue weighted by Gasteiger charge is -2.34. The molecule has 1 aliphatic carbocycles. The Morgan fingerprint density at radius 2 is 1.92 bits per heavy atom. The van der Waals surface area contributed by atoms with Gasteiger partial charge in [-0.25, -0.2) is 4.79 Å². The molecule has 0 bridgehead atoms. The van der Waals surface area contributed by atoms with Gasteiger partial charge in [-0.2, -0.15) is 0 Å². The third-order valence-corrected chi connectivity index (χ3v) is 7.38. The summed E-state index contributed by atoms with van der Waals surface area (Å²) < 4.78 is 30.1. The molecular weight excluding hydrogens is 345 g/mol. The zero-order valence-corrected chi connectivity index (χ0v) is 16.8. The second-order valence-corrected chi connectivity index (χ2v) is 9.96. The molecule has 0 aromatic rings. The van der Waals surface area contributed by atoms with Crippen molar-refractivity contribution in [1.82, 2.24) is 4.90 Å². The highest BCUT2D eigenvalue weighted by molar-refractivity contribution is 7.54. The molecule has 2 fully saturated rings. The Bertz CT molecular complexity index is 517. The summed E-state index contributed by atoms with van der Waals surface area (Å²) in [6.07, 6.45) is 4.91. The zero-order chi connectivity index (χ0) is 18.8. The van der Waals surface area contributed by atoms with Crippen molar-refractivity contribution in [3.63, 3.8) is 0 Å². The fraction of sp³-hybridized carbons (Fsp3) is 0.941. The molecule has 1 amide bonds. The summed E-state index contributed by atoms with van der Waals surface area (Å²) in [5.41, 5.74) is -1.08. The van der Waals surface area contributed by atoms with Gasteiger partial charge in [-0.15, -0.1) is 0 Å². The van der Waals surface area contributed by atoms with Crippen LogP contribution in [0.4, 0.5) is 4.79 Å². The van der Waals surface area contributed by atoms with E-state index in [1.54, 1.807) is 27.7 Å².